The largest absolute Gasteiger partial charge is 0.450 e. The van der Waals surface area contributed by atoms with Crippen LogP contribution in [0.3, 0.4) is 0 Å². The number of fused-ring (bicyclic) bond motifs is 2. The van der Waals surface area contributed by atoms with Crippen LogP contribution in [0.1, 0.15) is 33.3 Å². The van der Waals surface area contributed by atoms with E-state index in [2.05, 4.69) is 5.32 Å². The van der Waals surface area contributed by atoms with Crippen LogP contribution < -0.4 is 10.7 Å². The minimum absolute atomic E-state index is 0.0106. The molecule has 1 aliphatic rings. The van der Waals surface area contributed by atoms with Crippen LogP contribution in [0.2, 0.25) is 5.02 Å². The number of hydrogen-bond acceptors (Lipinski definition) is 3. The average Bonchev–Trinajstić information content (AvgIpc) is 2.88. The third-order valence-electron chi connectivity index (χ3n) is 4.18. The van der Waals surface area contributed by atoms with Crippen LogP contribution >= 0.6 is 11.6 Å². The summed E-state index contributed by atoms with van der Waals surface area (Å²) in [5.74, 6) is -0.870. The lowest BCUT2D eigenvalue weighted by Crippen LogP contribution is -2.21. The summed E-state index contributed by atoms with van der Waals surface area (Å²) in [6.45, 7) is 1.79. The first kappa shape index (κ1) is 14.9. The van der Waals surface area contributed by atoms with E-state index in [4.69, 9.17) is 16.0 Å². The summed E-state index contributed by atoms with van der Waals surface area (Å²) in [6, 6.07) is 8.13. The first-order valence-electron chi connectivity index (χ1n) is 7.29. The lowest BCUT2D eigenvalue weighted by atomic mass is 9.99. The minimum Gasteiger partial charge on any atom is -0.450 e. The van der Waals surface area contributed by atoms with Crippen molar-refractivity contribution in [2.24, 2.45) is 0 Å². The van der Waals surface area contributed by atoms with Gasteiger partial charge in [-0.2, -0.15) is 0 Å². The Balaban J connectivity index is 2.00. The number of aryl methyl sites for hydroxylation is 1. The Kier molecular flexibility index (Phi) is 3.21. The zero-order valence-electron chi connectivity index (χ0n) is 12.5. The molecule has 1 aromatic heterocycles. The van der Waals surface area contributed by atoms with Crippen molar-refractivity contribution >= 4 is 28.5 Å². The molecule has 0 bridgehead atoms. The van der Waals surface area contributed by atoms with Gasteiger partial charge in [-0.1, -0.05) is 23.7 Å². The average molecular weight is 344 g/mol. The molecule has 0 aliphatic carbocycles. The molecule has 2 heterocycles. The summed E-state index contributed by atoms with van der Waals surface area (Å²) in [5, 5.41) is 3.47. The van der Waals surface area contributed by atoms with E-state index in [1.54, 1.807) is 19.1 Å². The van der Waals surface area contributed by atoms with Gasteiger partial charge in [0.15, 0.2) is 5.43 Å². The molecule has 0 saturated heterocycles. The molecule has 120 valence electrons. The first-order valence-corrected chi connectivity index (χ1v) is 7.66. The second-order valence-corrected chi connectivity index (χ2v) is 6.14. The van der Waals surface area contributed by atoms with Crippen molar-refractivity contribution in [3.63, 3.8) is 0 Å². The van der Waals surface area contributed by atoms with Gasteiger partial charge in [0, 0.05) is 5.02 Å². The van der Waals surface area contributed by atoms with Gasteiger partial charge >= 0.3 is 0 Å². The monoisotopic (exact) mass is 343 g/mol. The molecule has 0 fully saturated rings. The van der Waals surface area contributed by atoms with Gasteiger partial charge in [-0.25, -0.2) is 4.39 Å². The topological polar surface area (TPSA) is 59.3 Å². The smallest absolute Gasteiger partial charge is 0.288 e. The van der Waals surface area contributed by atoms with E-state index < -0.39 is 17.8 Å². The van der Waals surface area contributed by atoms with Gasteiger partial charge in [-0.3, -0.25) is 9.59 Å². The van der Waals surface area contributed by atoms with Crippen molar-refractivity contribution < 1.29 is 13.6 Å². The summed E-state index contributed by atoms with van der Waals surface area (Å²) in [5.41, 5.74) is 1.57. The Hall–Kier alpha value is -2.66. The maximum atomic E-state index is 13.1. The second kappa shape index (κ2) is 5.18. The van der Waals surface area contributed by atoms with E-state index in [0.29, 0.717) is 21.6 Å². The number of carbonyl (C=O) groups is 1. The molecule has 24 heavy (non-hydrogen) atoms. The van der Waals surface area contributed by atoms with E-state index in [-0.39, 0.29) is 16.8 Å². The molecule has 1 atom stereocenters. The molecular weight excluding hydrogens is 333 g/mol. The van der Waals surface area contributed by atoms with E-state index in [9.17, 15) is 14.0 Å². The zero-order valence-corrected chi connectivity index (χ0v) is 13.3. The van der Waals surface area contributed by atoms with Gasteiger partial charge in [0.25, 0.3) is 5.91 Å². The number of carbonyl (C=O) groups excluding carboxylic acids is 1. The summed E-state index contributed by atoms with van der Waals surface area (Å²) in [6.07, 6.45) is 0. The highest BCUT2D eigenvalue weighted by Crippen LogP contribution is 2.32. The Morgan fingerprint density at radius 3 is 2.58 bits per heavy atom. The lowest BCUT2D eigenvalue weighted by molar-refractivity contribution is 0.0938. The van der Waals surface area contributed by atoms with E-state index in [1.807, 2.05) is 0 Å². The summed E-state index contributed by atoms with van der Waals surface area (Å²) >= 11 is 6.11. The number of rotatable bonds is 1. The molecule has 0 spiro atoms. The third-order valence-corrected chi connectivity index (χ3v) is 4.59. The standard InChI is InChI=1S/C18H11ClFNO3/c1-8-6-13-11(7-12(8)19)16(22)14-15(21-18(23)17(14)24-13)9-2-4-10(20)5-3-9/h2-7,15H,1H3,(H,21,23). The predicted molar refractivity (Wildman–Crippen MR) is 87.9 cm³/mol. The normalized spacial score (nSPS) is 16.3. The van der Waals surface area contributed by atoms with Gasteiger partial charge < -0.3 is 9.73 Å². The Labute approximate surface area is 140 Å². The van der Waals surface area contributed by atoms with Crippen LogP contribution in [0.4, 0.5) is 4.39 Å². The maximum Gasteiger partial charge on any atom is 0.288 e. The quantitative estimate of drug-likeness (QED) is 0.732. The minimum atomic E-state index is -0.672. The van der Waals surface area contributed by atoms with Gasteiger partial charge in [-0.05, 0) is 42.3 Å². The Bertz CT molecular complexity index is 1060. The summed E-state index contributed by atoms with van der Waals surface area (Å²) < 4.78 is 18.8. The van der Waals surface area contributed by atoms with E-state index in [0.717, 1.165) is 5.56 Å². The molecule has 1 N–H and O–H groups in total. The van der Waals surface area contributed by atoms with Gasteiger partial charge in [0.1, 0.15) is 11.4 Å². The number of hydrogen-bond donors (Lipinski definition) is 1. The highest BCUT2D eigenvalue weighted by Gasteiger charge is 2.35. The van der Waals surface area contributed by atoms with Crippen molar-refractivity contribution in [3.8, 4) is 0 Å². The zero-order chi connectivity index (χ0) is 17.0. The van der Waals surface area contributed by atoms with Crippen LogP contribution in [-0.2, 0) is 0 Å². The summed E-state index contributed by atoms with van der Waals surface area (Å²) in [7, 11) is 0. The molecule has 0 saturated carbocycles. The van der Waals surface area contributed by atoms with E-state index >= 15 is 0 Å². The van der Waals surface area contributed by atoms with Crippen LogP contribution in [0, 0.1) is 12.7 Å². The van der Waals surface area contributed by atoms with Crippen LogP contribution in [0.25, 0.3) is 11.0 Å². The fourth-order valence-corrected chi connectivity index (χ4v) is 3.10. The maximum absolute atomic E-state index is 13.1. The lowest BCUT2D eigenvalue weighted by Gasteiger charge is -2.11. The molecule has 1 amide bonds. The molecule has 4 nitrogen and oxygen atoms in total. The molecule has 1 unspecified atom stereocenters. The highest BCUT2D eigenvalue weighted by molar-refractivity contribution is 6.32. The number of benzene rings is 2. The molecule has 2 aromatic carbocycles. The van der Waals surface area contributed by atoms with Crippen molar-refractivity contribution in [3.05, 3.63) is 79.9 Å². The molecule has 1 aliphatic heterocycles. The van der Waals surface area contributed by atoms with Gasteiger partial charge in [-0.15, -0.1) is 0 Å². The van der Waals surface area contributed by atoms with Crippen molar-refractivity contribution in [2.75, 3.05) is 0 Å². The van der Waals surface area contributed by atoms with Crippen LogP contribution in [0.15, 0.2) is 45.6 Å². The first-order chi connectivity index (χ1) is 11.5. The fourth-order valence-electron chi connectivity index (χ4n) is 2.93. The number of halogens is 2. The number of amides is 1. The Morgan fingerprint density at radius 1 is 1.17 bits per heavy atom. The molecule has 6 heteroatoms. The fraction of sp³-hybridized carbons (Fsp3) is 0.111. The summed E-state index contributed by atoms with van der Waals surface area (Å²) in [4.78, 5) is 25.1. The van der Waals surface area contributed by atoms with Crippen molar-refractivity contribution in [2.45, 2.75) is 13.0 Å². The number of nitrogens with one attached hydrogen (secondary N) is 1. The molecule has 4 rings (SSSR count). The van der Waals surface area contributed by atoms with Crippen LogP contribution in [0.5, 0.6) is 0 Å². The predicted octanol–water partition coefficient (Wildman–Crippen LogP) is 3.73. The van der Waals surface area contributed by atoms with Gasteiger partial charge in [0.05, 0.1) is 17.0 Å². The van der Waals surface area contributed by atoms with Crippen LogP contribution in [-0.4, -0.2) is 5.91 Å². The third kappa shape index (κ3) is 2.12. The SMILES string of the molecule is Cc1cc2oc3c(c(=O)c2cc1Cl)C(c1ccc(F)cc1)NC3=O. The van der Waals surface area contributed by atoms with Crippen molar-refractivity contribution in [1.82, 2.24) is 5.32 Å². The molecule has 0 radical (unpaired) electrons. The Morgan fingerprint density at radius 2 is 1.88 bits per heavy atom. The molecule has 3 aromatic rings. The van der Waals surface area contributed by atoms with Gasteiger partial charge in [0.2, 0.25) is 5.76 Å². The highest BCUT2D eigenvalue weighted by atomic mass is 35.5. The molecular formula is C18H11ClFNO3. The van der Waals surface area contributed by atoms with E-state index in [1.165, 1.54) is 24.3 Å². The van der Waals surface area contributed by atoms with Crippen molar-refractivity contribution in [1.29, 1.82) is 0 Å². The second-order valence-electron chi connectivity index (χ2n) is 5.73.